The highest BCUT2D eigenvalue weighted by molar-refractivity contribution is 6.73. The van der Waals surface area contributed by atoms with Crippen molar-refractivity contribution in [3.8, 4) is 0 Å². The van der Waals surface area contributed by atoms with Gasteiger partial charge in [0.1, 0.15) is 0 Å². The van der Waals surface area contributed by atoms with Gasteiger partial charge < -0.3 is 8.23 Å². The molecule has 3 rings (SSSR count). The first-order chi connectivity index (χ1) is 11.4. The predicted molar refractivity (Wildman–Crippen MR) is 97.7 cm³/mol. The lowest BCUT2D eigenvalue weighted by Crippen LogP contribution is -2.43. The van der Waals surface area contributed by atoms with E-state index in [4.69, 9.17) is 8.23 Å². The van der Waals surface area contributed by atoms with Crippen LogP contribution < -0.4 is 15.6 Å². The van der Waals surface area contributed by atoms with Crippen molar-refractivity contribution in [1.29, 1.82) is 0 Å². The van der Waals surface area contributed by atoms with E-state index >= 15 is 0 Å². The molecule has 111 valence electrons. The fraction of sp³-hybridized carbons (Fsp3) is 0. The third-order valence-corrected chi connectivity index (χ3v) is 7.32. The van der Waals surface area contributed by atoms with E-state index in [2.05, 4.69) is 36.4 Å². The fourth-order valence-electron chi connectivity index (χ4n) is 1.94. The number of benzene rings is 3. The molecule has 0 fully saturated rings. The summed E-state index contributed by atoms with van der Waals surface area (Å²) in [5, 5.41) is 3.53. The van der Waals surface area contributed by atoms with Crippen LogP contribution >= 0.6 is 0 Å². The van der Waals surface area contributed by atoms with Gasteiger partial charge in [-0.3, -0.25) is 0 Å². The van der Waals surface area contributed by atoms with Crippen LogP contribution in [0.15, 0.2) is 91.0 Å². The minimum atomic E-state index is -1.49. The Morgan fingerprint density at radius 2 is 0.913 bits per heavy atom. The summed E-state index contributed by atoms with van der Waals surface area (Å²) in [6.45, 7) is 0. The van der Waals surface area contributed by atoms with E-state index in [1.165, 1.54) is 10.4 Å². The van der Waals surface area contributed by atoms with Gasteiger partial charge in [-0.25, -0.2) is 0 Å². The molecule has 3 aromatic rings. The van der Waals surface area contributed by atoms with Gasteiger partial charge in [-0.2, -0.15) is 0 Å². The average molecular weight is 348 g/mol. The van der Waals surface area contributed by atoms with Gasteiger partial charge in [0.25, 0.3) is 19.5 Å². The topological polar surface area (TPSA) is 18.5 Å². The minimum absolute atomic E-state index is 0.303. The Morgan fingerprint density at radius 3 is 1.35 bits per heavy atom. The van der Waals surface area contributed by atoms with Gasteiger partial charge in [0.2, 0.25) is 0 Å². The molecule has 0 bridgehead atoms. The average Bonchev–Trinajstić information content (AvgIpc) is 2.64. The molecule has 0 saturated carbocycles. The van der Waals surface area contributed by atoms with E-state index in [1.807, 2.05) is 54.6 Å². The highest BCUT2D eigenvalue weighted by Gasteiger charge is 2.19. The predicted octanol–water partition coefficient (Wildman–Crippen LogP) is 1.30. The SMILES string of the molecule is c1ccc([Si]O[Si](O[Si]c2ccccc2)c2ccccc2)cc1. The Balaban J connectivity index is 1.66. The Labute approximate surface area is 143 Å². The van der Waals surface area contributed by atoms with Crippen molar-refractivity contribution in [1.82, 2.24) is 0 Å². The van der Waals surface area contributed by atoms with Crippen LogP contribution in [0.1, 0.15) is 0 Å². The Bertz CT molecular complexity index is 650. The van der Waals surface area contributed by atoms with Gasteiger partial charge >= 0.3 is 9.28 Å². The number of hydrogen-bond donors (Lipinski definition) is 0. The molecule has 0 N–H and O–H groups in total. The van der Waals surface area contributed by atoms with Crippen molar-refractivity contribution >= 4 is 44.4 Å². The lowest BCUT2D eigenvalue weighted by molar-refractivity contribution is 0.480. The molecular formula is C18H15O2Si3. The fourth-order valence-corrected chi connectivity index (χ4v) is 6.23. The van der Waals surface area contributed by atoms with E-state index in [1.54, 1.807) is 0 Å². The Morgan fingerprint density at radius 1 is 0.522 bits per heavy atom. The van der Waals surface area contributed by atoms with Crippen LogP contribution in [-0.4, -0.2) is 28.8 Å². The summed E-state index contributed by atoms with van der Waals surface area (Å²) < 4.78 is 12.3. The molecule has 0 atom stereocenters. The van der Waals surface area contributed by atoms with Gasteiger partial charge in [-0.15, -0.1) is 0 Å². The number of hydrogen-bond acceptors (Lipinski definition) is 2. The molecule has 0 heterocycles. The lowest BCUT2D eigenvalue weighted by Gasteiger charge is -2.15. The van der Waals surface area contributed by atoms with Crippen LogP contribution in [0.3, 0.4) is 0 Å². The van der Waals surface area contributed by atoms with E-state index < -0.39 is 9.28 Å². The molecule has 2 nitrogen and oxygen atoms in total. The van der Waals surface area contributed by atoms with E-state index in [0.717, 1.165) is 5.19 Å². The first kappa shape index (κ1) is 16.1. The summed E-state index contributed by atoms with van der Waals surface area (Å²) in [6.07, 6.45) is 0. The zero-order valence-corrected chi connectivity index (χ0v) is 15.5. The highest BCUT2D eigenvalue weighted by atomic mass is 28.4. The summed E-state index contributed by atoms with van der Waals surface area (Å²) in [5.41, 5.74) is 0. The summed E-state index contributed by atoms with van der Waals surface area (Å²) in [5.74, 6) is 0. The second-order valence-electron chi connectivity index (χ2n) is 4.79. The largest absolute Gasteiger partial charge is 0.428 e. The molecule has 5 radical (unpaired) electrons. The van der Waals surface area contributed by atoms with Crippen LogP contribution in [0.4, 0.5) is 0 Å². The van der Waals surface area contributed by atoms with Gasteiger partial charge in [-0.05, 0) is 15.6 Å². The second-order valence-corrected chi connectivity index (χ2v) is 9.14. The van der Waals surface area contributed by atoms with Crippen molar-refractivity contribution in [2.75, 3.05) is 0 Å². The molecule has 23 heavy (non-hydrogen) atoms. The molecule has 0 unspecified atom stereocenters. The normalized spacial score (nSPS) is 10.8. The van der Waals surface area contributed by atoms with Crippen LogP contribution in [-0.2, 0) is 8.23 Å². The lowest BCUT2D eigenvalue weighted by atomic mass is 10.4. The van der Waals surface area contributed by atoms with Gasteiger partial charge in [0.15, 0.2) is 0 Å². The van der Waals surface area contributed by atoms with Crippen molar-refractivity contribution < 1.29 is 8.23 Å². The molecule has 3 aromatic carbocycles. The van der Waals surface area contributed by atoms with Crippen molar-refractivity contribution in [2.24, 2.45) is 0 Å². The Hall–Kier alpha value is -1.77. The molecule has 5 heteroatoms. The van der Waals surface area contributed by atoms with Crippen molar-refractivity contribution in [2.45, 2.75) is 0 Å². The third kappa shape index (κ3) is 5.12. The molecule has 0 aromatic heterocycles. The smallest absolute Gasteiger partial charge is 0.401 e. The first-order valence-electron chi connectivity index (χ1n) is 7.30. The standard InChI is InChI=1S/C18H15O2Si3/c1-4-10-16(11-5-1)21-19-23(18-14-8-3-9-15-18)20-22-17-12-6-2-7-13-17/h1-15H. The summed E-state index contributed by atoms with van der Waals surface area (Å²) >= 11 is 0. The molecule has 0 saturated heterocycles. The van der Waals surface area contributed by atoms with Crippen LogP contribution in [0.25, 0.3) is 0 Å². The molecule has 0 aliphatic heterocycles. The maximum atomic E-state index is 6.15. The number of rotatable bonds is 7. The molecule has 0 amide bonds. The van der Waals surface area contributed by atoms with E-state index in [0.29, 0.717) is 19.5 Å². The monoisotopic (exact) mass is 347 g/mol. The first-order valence-corrected chi connectivity index (χ1v) is 10.4. The maximum absolute atomic E-state index is 6.15. The molecule has 0 aliphatic carbocycles. The maximum Gasteiger partial charge on any atom is 0.401 e. The second kappa shape index (κ2) is 8.76. The zero-order valence-electron chi connectivity index (χ0n) is 12.5. The summed E-state index contributed by atoms with van der Waals surface area (Å²) in [6, 6.07) is 30.8. The quantitative estimate of drug-likeness (QED) is 0.600. The molecule has 0 aliphatic rings. The summed E-state index contributed by atoms with van der Waals surface area (Å²) in [7, 11) is -0.888. The molecular weight excluding hydrogens is 332 g/mol. The third-order valence-electron chi connectivity index (χ3n) is 3.08. The Kier molecular flexibility index (Phi) is 6.13. The van der Waals surface area contributed by atoms with Crippen molar-refractivity contribution in [3.05, 3.63) is 91.0 Å². The van der Waals surface area contributed by atoms with Gasteiger partial charge in [0.05, 0.1) is 0 Å². The van der Waals surface area contributed by atoms with E-state index in [9.17, 15) is 0 Å². The van der Waals surface area contributed by atoms with Crippen LogP contribution in [0.2, 0.25) is 0 Å². The van der Waals surface area contributed by atoms with Crippen molar-refractivity contribution in [3.63, 3.8) is 0 Å². The van der Waals surface area contributed by atoms with E-state index in [-0.39, 0.29) is 0 Å². The molecule has 0 spiro atoms. The zero-order chi connectivity index (χ0) is 15.7. The summed E-state index contributed by atoms with van der Waals surface area (Å²) in [4.78, 5) is 0. The highest BCUT2D eigenvalue weighted by Crippen LogP contribution is 1.94. The van der Waals surface area contributed by atoms with Crippen LogP contribution in [0, 0.1) is 0 Å². The minimum Gasteiger partial charge on any atom is -0.428 e. The van der Waals surface area contributed by atoms with Crippen LogP contribution in [0.5, 0.6) is 0 Å². The van der Waals surface area contributed by atoms with Gasteiger partial charge in [-0.1, -0.05) is 91.0 Å². The van der Waals surface area contributed by atoms with Gasteiger partial charge in [0, 0.05) is 0 Å².